The zero-order chi connectivity index (χ0) is 13.8. The molecule has 1 aromatic carbocycles. The summed E-state index contributed by atoms with van der Waals surface area (Å²) >= 11 is 0. The van der Waals surface area contributed by atoms with Crippen molar-refractivity contribution in [3.05, 3.63) is 29.6 Å². The van der Waals surface area contributed by atoms with E-state index >= 15 is 0 Å². The third kappa shape index (κ3) is 3.69. The number of benzene rings is 1. The highest BCUT2D eigenvalue weighted by Crippen LogP contribution is 2.21. The van der Waals surface area contributed by atoms with Gasteiger partial charge in [0, 0.05) is 30.9 Å². The van der Waals surface area contributed by atoms with Crippen molar-refractivity contribution in [2.45, 2.75) is 52.1 Å². The average molecular weight is 264 g/mol. The minimum absolute atomic E-state index is 0.114. The van der Waals surface area contributed by atoms with Crippen LogP contribution in [-0.2, 0) is 0 Å². The second-order valence-electron chi connectivity index (χ2n) is 5.67. The second kappa shape index (κ2) is 6.38. The van der Waals surface area contributed by atoms with Crippen LogP contribution in [0.25, 0.3) is 0 Å². The summed E-state index contributed by atoms with van der Waals surface area (Å²) in [5, 5.41) is 3.67. The molecule has 2 atom stereocenters. The fourth-order valence-corrected chi connectivity index (χ4v) is 2.75. The molecule has 0 saturated carbocycles. The molecule has 1 N–H and O–H groups in total. The lowest BCUT2D eigenvalue weighted by Gasteiger charge is -2.33. The van der Waals surface area contributed by atoms with Crippen LogP contribution >= 0.6 is 0 Å². The summed E-state index contributed by atoms with van der Waals surface area (Å²) in [5.41, 5.74) is 1.89. The molecule has 1 aromatic rings. The molecule has 0 amide bonds. The van der Waals surface area contributed by atoms with Crippen LogP contribution in [-0.4, -0.2) is 25.2 Å². The summed E-state index contributed by atoms with van der Waals surface area (Å²) < 4.78 is 13.4. The van der Waals surface area contributed by atoms with Gasteiger partial charge in [-0.2, -0.15) is 0 Å². The van der Waals surface area contributed by atoms with E-state index < -0.39 is 0 Å². The van der Waals surface area contributed by atoms with Crippen LogP contribution < -0.4 is 10.2 Å². The fourth-order valence-electron chi connectivity index (χ4n) is 2.75. The van der Waals surface area contributed by atoms with Crippen molar-refractivity contribution < 1.29 is 4.39 Å². The molecule has 106 valence electrons. The molecule has 0 aromatic heterocycles. The minimum atomic E-state index is -0.114. The summed E-state index contributed by atoms with van der Waals surface area (Å²) in [6, 6.07) is 6.61. The first-order chi connectivity index (χ1) is 9.10. The zero-order valence-electron chi connectivity index (χ0n) is 12.2. The lowest BCUT2D eigenvalue weighted by Crippen LogP contribution is -2.44. The number of anilines is 1. The number of nitrogens with zero attached hydrogens (tertiary/aromatic N) is 1. The van der Waals surface area contributed by atoms with E-state index in [1.165, 1.54) is 6.42 Å². The summed E-state index contributed by atoms with van der Waals surface area (Å²) in [5.74, 6) is -0.114. The first kappa shape index (κ1) is 14.3. The summed E-state index contributed by atoms with van der Waals surface area (Å²) in [6.45, 7) is 8.40. The van der Waals surface area contributed by atoms with Crippen LogP contribution in [0.1, 0.15) is 38.7 Å². The summed E-state index contributed by atoms with van der Waals surface area (Å²) in [6.07, 6.45) is 3.45. The number of hydrogen-bond acceptors (Lipinski definition) is 2. The van der Waals surface area contributed by atoms with Crippen molar-refractivity contribution in [2.75, 3.05) is 18.0 Å². The Morgan fingerprint density at radius 3 is 2.74 bits per heavy atom. The average Bonchev–Trinajstić information content (AvgIpc) is 2.38. The number of halogens is 1. The molecule has 0 spiro atoms. The third-order valence-corrected chi connectivity index (χ3v) is 4.10. The zero-order valence-corrected chi connectivity index (χ0v) is 12.2. The Morgan fingerprint density at radius 1 is 1.32 bits per heavy atom. The molecule has 2 nitrogen and oxygen atoms in total. The maximum absolute atomic E-state index is 13.4. The van der Waals surface area contributed by atoms with Gasteiger partial charge in [0.25, 0.3) is 0 Å². The van der Waals surface area contributed by atoms with Gasteiger partial charge in [-0.05, 0) is 56.9 Å². The van der Waals surface area contributed by atoms with Crippen molar-refractivity contribution in [1.82, 2.24) is 5.32 Å². The van der Waals surface area contributed by atoms with Crippen molar-refractivity contribution in [1.29, 1.82) is 0 Å². The predicted octanol–water partition coefficient (Wildman–Crippen LogP) is 3.49. The number of nitrogens with one attached hydrogen (secondary N) is 1. The molecule has 2 unspecified atom stereocenters. The van der Waals surface area contributed by atoms with Gasteiger partial charge in [-0.3, -0.25) is 0 Å². The smallest absolute Gasteiger partial charge is 0.126 e. The van der Waals surface area contributed by atoms with Crippen LogP contribution in [0.4, 0.5) is 10.1 Å². The van der Waals surface area contributed by atoms with Gasteiger partial charge in [-0.15, -0.1) is 0 Å². The first-order valence-corrected chi connectivity index (χ1v) is 7.37. The summed E-state index contributed by atoms with van der Waals surface area (Å²) in [7, 11) is 0. The van der Waals surface area contributed by atoms with Crippen LogP contribution in [0, 0.1) is 12.7 Å². The van der Waals surface area contributed by atoms with E-state index in [-0.39, 0.29) is 5.82 Å². The normalized spacial score (nSPS) is 24.9. The molecule has 1 aliphatic rings. The van der Waals surface area contributed by atoms with E-state index in [1.54, 1.807) is 6.07 Å². The lowest BCUT2D eigenvalue weighted by atomic mass is 10.0. The van der Waals surface area contributed by atoms with Crippen molar-refractivity contribution >= 4 is 5.69 Å². The number of aryl methyl sites for hydroxylation is 1. The van der Waals surface area contributed by atoms with E-state index in [2.05, 4.69) is 24.1 Å². The van der Waals surface area contributed by atoms with Gasteiger partial charge < -0.3 is 10.2 Å². The van der Waals surface area contributed by atoms with E-state index in [4.69, 9.17) is 0 Å². The molecule has 0 aliphatic carbocycles. The Hall–Kier alpha value is -1.09. The predicted molar refractivity (Wildman–Crippen MR) is 79.3 cm³/mol. The van der Waals surface area contributed by atoms with Gasteiger partial charge in [0.05, 0.1) is 0 Å². The van der Waals surface area contributed by atoms with Gasteiger partial charge in [-0.1, -0.05) is 6.92 Å². The molecule has 19 heavy (non-hydrogen) atoms. The number of hydrogen-bond donors (Lipinski definition) is 1. The Morgan fingerprint density at radius 2 is 2.05 bits per heavy atom. The monoisotopic (exact) mass is 264 g/mol. The van der Waals surface area contributed by atoms with Gasteiger partial charge in [0.1, 0.15) is 5.82 Å². The molecule has 1 fully saturated rings. The van der Waals surface area contributed by atoms with Gasteiger partial charge in [0.2, 0.25) is 0 Å². The summed E-state index contributed by atoms with van der Waals surface area (Å²) in [4.78, 5) is 2.40. The van der Waals surface area contributed by atoms with Crippen LogP contribution in [0.5, 0.6) is 0 Å². The van der Waals surface area contributed by atoms with Crippen molar-refractivity contribution in [3.63, 3.8) is 0 Å². The third-order valence-electron chi connectivity index (χ3n) is 4.10. The number of rotatable bonds is 2. The highest BCUT2D eigenvalue weighted by Gasteiger charge is 2.18. The molecule has 2 rings (SSSR count). The molecule has 1 aliphatic heterocycles. The molecule has 3 heteroatoms. The van der Waals surface area contributed by atoms with Gasteiger partial charge in [-0.25, -0.2) is 4.39 Å². The topological polar surface area (TPSA) is 15.3 Å². The second-order valence-corrected chi connectivity index (χ2v) is 5.67. The lowest BCUT2D eigenvalue weighted by molar-refractivity contribution is 0.378. The van der Waals surface area contributed by atoms with Crippen molar-refractivity contribution in [2.24, 2.45) is 0 Å². The molecule has 1 heterocycles. The van der Waals surface area contributed by atoms with E-state index in [0.717, 1.165) is 37.2 Å². The van der Waals surface area contributed by atoms with Crippen molar-refractivity contribution in [3.8, 4) is 0 Å². The SMILES string of the molecule is CCC1CCN(c2ccc(F)c(C)c2)CCC(C)N1. The molecular formula is C16H25FN2. The Kier molecular flexibility index (Phi) is 4.81. The van der Waals surface area contributed by atoms with Gasteiger partial charge in [0.15, 0.2) is 0 Å². The highest BCUT2D eigenvalue weighted by molar-refractivity contribution is 5.48. The minimum Gasteiger partial charge on any atom is -0.371 e. The molecule has 0 bridgehead atoms. The molecule has 0 radical (unpaired) electrons. The quantitative estimate of drug-likeness (QED) is 0.879. The molecular weight excluding hydrogens is 239 g/mol. The Balaban J connectivity index is 2.11. The van der Waals surface area contributed by atoms with E-state index in [0.29, 0.717) is 12.1 Å². The largest absolute Gasteiger partial charge is 0.371 e. The highest BCUT2D eigenvalue weighted by atomic mass is 19.1. The van der Waals surface area contributed by atoms with Crippen LogP contribution in [0.15, 0.2) is 18.2 Å². The Labute approximate surface area is 116 Å². The molecule has 1 saturated heterocycles. The fraction of sp³-hybridized carbons (Fsp3) is 0.625. The maximum atomic E-state index is 13.4. The van der Waals surface area contributed by atoms with E-state index in [9.17, 15) is 4.39 Å². The first-order valence-electron chi connectivity index (χ1n) is 7.37. The van der Waals surface area contributed by atoms with E-state index in [1.807, 2.05) is 19.1 Å². The maximum Gasteiger partial charge on any atom is 0.126 e. The van der Waals surface area contributed by atoms with Crippen LogP contribution in [0.3, 0.4) is 0 Å². The standard InChI is InChI=1S/C16H25FN2/c1-4-14-8-10-19(9-7-13(3)18-14)15-5-6-16(17)12(2)11-15/h5-6,11,13-14,18H,4,7-10H2,1-3H3. The van der Waals surface area contributed by atoms with Crippen LogP contribution in [0.2, 0.25) is 0 Å². The van der Waals surface area contributed by atoms with Gasteiger partial charge >= 0.3 is 0 Å². The Bertz CT molecular complexity index is 419.